The zero-order valence-corrected chi connectivity index (χ0v) is 29.9. The number of hydrogen-bond acceptors (Lipinski definition) is 9. The van der Waals surface area contributed by atoms with E-state index in [1.807, 2.05) is 20.8 Å². The average molecular weight is 635 g/mol. The van der Waals surface area contributed by atoms with Crippen LogP contribution in [0.3, 0.4) is 0 Å². The van der Waals surface area contributed by atoms with Gasteiger partial charge in [-0.05, 0) is 61.2 Å². The first kappa shape index (κ1) is 36.4. The van der Waals surface area contributed by atoms with Crippen molar-refractivity contribution in [3.63, 3.8) is 0 Å². The Kier molecular flexibility index (Phi) is 11.0. The molecule has 15 heteroatoms. The summed E-state index contributed by atoms with van der Waals surface area (Å²) >= 11 is 0. The number of benzene rings is 3. The van der Waals surface area contributed by atoms with Gasteiger partial charge in [0.05, 0.1) is 28.1 Å². The second-order valence-electron chi connectivity index (χ2n) is 10.7. The van der Waals surface area contributed by atoms with Gasteiger partial charge in [0.15, 0.2) is 11.6 Å². The van der Waals surface area contributed by atoms with Gasteiger partial charge in [0, 0.05) is 76.4 Å². The van der Waals surface area contributed by atoms with Gasteiger partial charge in [-0.3, -0.25) is 18.7 Å². The average Bonchev–Trinajstić information content (AvgIpc) is 2.80. The summed E-state index contributed by atoms with van der Waals surface area (Å²) in [5.41, 5.74) is -0.988. The normalized spacial score (nSPS) is 13.0. The predicted octanol–water partition coefficient (Wildman–Crippen LogP) is 3.76. The van der Waals surface area contributed by atoms with E-state index in [1.54, 1.807) is 19.9 Å². The molecular weight excluding hydrogens is 606 g/mol. The van der Waals surface area contributed by atoms with Crippen LogP contribution in [0.25, 0.3) is 0 Å². The molecule has 11 nitrogen and oxygen atoms in total. The molecular formula is C27H28N2Na2O9S2. The number of fused-ring (bicyclic) bond motifs is 2. The summed E-state index contributed by atoms with van der Waals surface area (Å²) in [6, 6.07) is 8.96. The van der Waals surface area contributed by atoms with Crippen molar-refractivity contribution in [1.29, 1.82) is 0 Å². The summed E-state index contributed by atoms with van der Waals surface area (Å²) < 4.78 is 67.7. The molecule has 0 aromatic heterocycles. The number of anilines is 3. The van der Waals surface area contributed by atoms with Crippen LogP contribution in [0, 0.1) is 0 Å². The standard InChI is InChI=1S/C27H28N2O9S2.2Na/c1-13(2)28-17-9-10-18(29-16-8-6-14(27(3,4)5)12-20(16)40(36,37)38)23-22(17)24(30)15-7-11-19(39(33,34)35)25(31)21(15)26(23)32;;/h6-13,28-29,31H,1-5H3,(H,33,34,35)(H,36,37,38);;. The third-order valence-electron chi connectivity index (χ3n) is 6.39. The molecule has 0 unspecified atom stereocenters. The molecule has 1 aliphatic carbocycles. The zero-order chi connectivity index (χ0) is 29.9. The molecule has 4 rings (SSSR count). The van der Waals surface area contributed by atoms with Crippen molar-refractivity contribution in [1.82, 2.24) is 0 Å². The van der Waals surface area contributed by atoms with Gasteiger partial charge in [0.2, 0.25) is 0 Å². The van der Waals surface area contributed by atoms with E-state index >= 15 is 0 Å². The van der Waals surface area contributed by atoms with E-state index in [0.29, 0.717) is 5.56 Å². The third kappa shape index (κ3) is 6.96. The van der Waals surface area contributed by atoms with Gasteiger partial charge in [-0.25, -0.2) is 0 Å². The number of carbonyl (C=O) groups is 2. The molecule has 0 saturated carbocycles. The Balaban J connectivity index is 0.00000308. The molecule has 1 aliphatic rings. The van der Waals surface area contributed by atoms with Crippen LogP contribution in [-0.2, 0) is 25.7 Å². The fourth-order valence-corrected chi connectivity index (χ4v) is 5.78. The van der Waals surface area contributed by atoms with Crippen molar-refractivity contribution < 1.29 is 40.6 Å². The van der Waals surface area contributed by atoms with Crippen LogP contribution in [-0.4, -0.2) is 108 Å². The maximum absolute atomic E-state index is 13.8. The van der Waals surface area contributed by atoms with E-state index in [-0.39, 0.29) is 98.9 Å². The second kappa shape index (κ2) is 12.7. The Morgan fingerprint density at radius 1 is 0.714 bits per heavy atom. The van der Waals surface area contributed by atoms with E-state index in [1.165, 1.54) is 24.3 Å². The SMILES string of the molecule is CC(C)Nc1ccc(Nc2ccc(C(C)(C)C)cc2S(=O)(=O)O)c2c1C(=O)c1ccc(S(=O)(=O)O)c(O)c1C2=O.[Na].[Na]. The van der Waals surface area contributed by atoms with Crippen LogP contribution >= 0.6 is 0 Å². The van der Waals surface area contributed by atoms with Crippen LogP contribution in [0.5, 0.6) is 5.75 Å². The number of nitrogens with one attached hydrogen (secondary N) is 2. The first-order chi connectivity index (χ1) is 18.3. The molecule has 0 saturated heterocycles. The number of carbonyl (C=O) groups excluding carboxylic acids is 2. The summed E-state index contributed by atoms with van der Waals surface area (Å²) in [6.07, 6.45) is 0. The van der Waals surface area contributed by atoms with Crippen molar-refractivity contribution in [3.8, 4) is 5.75 Å². The Hall–Kier alpha value is -1.78. The van der Waals surface area contributed by atoms with Crippen molar-refractivity contribution >= 4 is 108 Å². The van der Waals surface area contributed by atoms with Gasteiger partial charge in [-0.15, -0.1) is 0 Å². The fourth-order valence-electron chi connectivity index (χ4n) is 4.52. The minimum Gasteiger partial charge on any atom is -0.506 e. The van der Waals surface area contributed by atoms with Crippen molar-refractivity contribution in [2.24, 2.45) is 0 Å². The largest absolute Gasteiger partial charge is 0.506 e. The molecule has 2 radical (unpaired) electrons. The molecule has 0 fully saturated rings. The third-order valence-corrected chi connectivity index (χ3v) is 8.17. The fraction of sp³-hybridized carbons (Fsp3) is 0.259. The molecule has 0 spiro atoms. The number of rotatable bonds is 6. The van der Waals surface area contributed by atoms with Crippen LogP contribution in [0.4, 0.5) is 17.1 Å². The quantitative estimate of drug-likeness (QED) is 0.154. The zero-order valence-electron chi connectivity index (χ0n) is 24.2. The Labute approximate surface area is 288 Å². The van der Waals surface area contributed by atoms with Crippen LogP contribution in [0.15, 0.2) is 52.3 Å². The molecule has 0 amide bonds. The van der Waals surface area contributed by atoms with E-state index in [2.05, 4.69) is 10.6 Å². The van der Waals surface area contributed by atoms with Gasteiger partial charge in [-0.1, -0.05) is 26.8 Å². The summed E-state index contributed by atoms with van der Waals surface area (Å²) in [6.45, 7) is 9.18. The molecule has 214 valence electrons. The molecule has 0 heterocycles. The minimum absolute atomic E-state index is 0. The predicted molar refractivity (Wildman–Crippen MR) is 160 cm³/mol. The Bertz CT molecular complexity index is 1820. The minimum atomic E-state index is -4.94. The van der Waals surface area contributed by atoms with E-state index in [0.717, 1.165) is 12.1 Å². The van der Waals surface area contributed by atoms with Gasteiger partial charge >= 0.3 is 0 Å². The Morgan fingerprint density at radius 3 is 1.76 bits per heavy atom. The second-order valence-corrected chi connectivity index (χ2v) is 13.5. The maximum Gasteiger partial charge on any atom is 0.298 e. The Morgan fingerprint density at radius 2 is 1.24 bits per heavy atom. The maximum atomic E-state index is 13.8. The molecule has 3 aromatic rings. The molecule has 3 aromatic carbocycles. The molecule has 5 N–H and O–H groups in total. The van der Waals surface area contributed by atoms with Gasteiger partial charge in [0.1, 0.15) is 15.5 Å². The number of hydrogen-bond donors (Lipinski definition) is 5. The topological polar surface area (TPSA) is 187 Å². The van der Waals surface area contributed by atoms with Crippen molar-refractivity contribution in [2.75, 3.05) is 10.6 Å². The molecule has 0 aliphatic heterocycles. The van der Waals surface area contributed by atoms with E-state index in [9.17, 15) is 40.6 Å². The molecule has 42 heavy (non-hydrogen) atoms. The van der Waals surface area contributed by atoms with E-state index < -0.39 is 58.3 Å². The smallest absolute Gasteiger partial charge is 0.298 e. The van der Waals surface area contributed by atoms with Crippen LogP contribution in [0.1, 0.15) is 72.0 Å². The molecule has 0 atom stereocenters. The van der Waals surface area contributed by atoms with Crippen molar-refractivity contribution in [2.45, 2.75) is 55.9 Å². The number of phenolic OH excluding ortho intramolecular Hbond substituents is 1. The summed E-state index contributed by atoms with van der Waals surface area (Å²) in [7, 11) is -9.69. The van der Waals surface area contributed by atoms with Gasteiger partial charge in [0.25, 0.3) is 20.2 Å². The summed E-state index contributed by atoms with van der Waals surface area (Å²) in [5, 5.41) is 16.6. The molecule has 0 bridgehead atoms. The summed E-state index contributed by atoms with van der Waals surface area (Å²) in [4.78, 5) is 26.1. The number of aromatic hydroxyl groups is 1. The first-order valence-electron chi connectivity index (χ1n) is 12.1. The van der Waals surface area contributed by atoms with Crippen LogP contribution < -0.4 is 10.6 Å². The van der Waals surface area contributed by atoms with E-state index in [4.69, 9.17) is 0 Å². The summed E-state index contributed by atoms with van der Waals surface area (Å²) in [5.74, 6) is -2.75. The van der Waals surface area contributed by atoms with Gasteiger partial charge in [-0.2, -0.15) is 16.8 Å². The van der Waals surface area contributed by atoms with Gasteiger partial charge < -0.3 is 15.7 Å². The number of phenols is 1. The number of ketones is 2. The first-order valence-corrected chi connectivity index (χ1v) is 15.0. The van der Waals surface area contributed by atoms with Crippen LogP contribution in [0.2, 0.25) is 0 Å². The van der Waals surface area contributed by atoms with Crippen molar-refractivity contribution in [3.05, 3.63) is 70.3 Å². The monoisotopic (exact) mass is 634 g/mol.